The van der Waals surface area contributed by atoms with Crippen LogP contribution in [0.2, 0.25) is 0 Å². The van der Waals surface area contributed by atoms with Crippen molar-refractivity contribution in [1.82, 2.24) is 10.6 Å². The number of carbonyl (C=O) groups is 1. The van der Waals surface area contributed by atoms with E-state index < -0.39 is 11.0 Å². The minimum atomic E-state index is -0.444. The summed E-state index contributed by atoms with van der Waals surface area (Å²) in [5.74, 6) is -0.123. The molecular weight excluding hydrogens is 400 g/mol. The van der Waals surface area contributed by atoms with Gasteiger partial charge in [-0.15, -0.1) is 0 Å². The maximum Gasteiger partial charge on any atom is 0.207 e. The minimum absolute atomic E-state index is 0.0338. The number of piperidine rings is 1. The fourth-order valence-corrected chi connectivity index (χ4v) is 5.65. The van der Waals surface area contributed by atoms with E-state index in [0.717, 1.165) is 49.8 Å². The first-order valence-corrected chi connectivity index (χ1v) is 11.5. The summed E-state index contributed by atoms with van der Waals surface area (Å²) in [4.78, 5) is 11.3. The number of fused-ring (bicyclic) bond motifs is 4. The van der Waals surface area contributed by atoms with Crippen molar-refractivity contribution in [3.63, 3.8) is 0 Å². The van der Waals surface area contributed by atoms with E-state index in [2.05, 4.69) is 61.7 Å². The van der Waals surface area contributed by atoms with Crippen LogP contribution in [0.5, 0.6) is 11.5 Å². The molecule has 172 valence electrons. The Balaban J connectivity index is 0.000000243. The second-order valence-electron chi connectivity index (χ2n) is 9.15. The Labute approximate surface area is 191 Å². The molecule has 1 fully saturated rings. The topological polar surface area (TPSA) is 81.6 Å². The molecule has 1 heterocycles. The van der Waals surface area contributed by atoms with E-state index in [0.29, 0.717) is 0 Å². The van der Waals surface area contributed by atoms with Crippen LogP contribution in [0.4, 0.5) is 0 Å². The van der Waals surface area contributed by atoms with Crippen LogP contribution < -0.4 is 10.6 Å². The maximum atomic E-state index is 11.3. The lowest BCUT2D eigenvalue weighted by Crippen LogP contribution is -2.75. The van der Waals surface area contributed by atoms with E-state index in [1.165, 1.54) is 11.1 Å². The number of phenolic OH excluding ortho intramolecular Hbond substituents is 2. The number of allylic oxidation sites excluding steroid dienone is 1. The van der Waals surface area contributed by atoms with Crippen molar-refractivity contribution in [3.05, 3.63) is 64.7 Å². The van der Waals surface area contributed by atoms with Crippen LogP contribution in [0, 0.1) is 6.92 Å². The highest BCUT2D eigenvalue weighted by Gasteiger charge is 2.59. The quantitative estimate of drug-likeness (QED) is 0.408. The van der Waals surface area contributed by atoms with Crippen LogP contribution in [0.1, 0.15) is 62.3 Å². The molecule has 0 saturated carbocycles. The van der Waals surface area contributed by atoms with Gasteiger partial charge in [-0.3, -0.25) is 4.79 Å². The van der Waals surface area contributed by atoms with Crippen molar-refractivity contribution < 1.29 is 15.0 Å². The molecule has 32 heavy (non-hydrogen) atoms. The van der Waals surface area contributed by atoms with Crippen molar-refractivity contribution in [3.8, 4) is 11.5 Å². The zero-order valence-electron chi connectivity index (χ0n) is 19.6. The largest absolute Gasteiger partial charge is 0.504 e. The van der Waals surface area contributed by atoms with Crippen LogP contribution in [0.3, 0.4) is 0 Å². The molecule has 2 aromatic rings. The third-order valence-electron chi connectivity index (χ3n) is 7.21. The lowest BCUT2D eigenvalue weighted by atomic mass is 9.52. The Kier molecular flexibility index (Phi) is 7.29. The van der Waals surface area contributed by atoms with Gasteiger partial charge in [0.1, 0.15) is 0 Å². The number of aryl methyl sites for hydroxylation is 1. The second kappa shape index (κ2) is 9.78. The third kappa shape index (κ3) is 4.14. The number of carbonyl (C=O) groups excluding carboxylic acids is 1. The number of aromatic hydroxyl groups is 2. The molecule has 4 N–H and O–H groups in total. The number of benzene rings is 2. The zero-order valence-corrected chi connectivity index (χ0v) is 19.6. The van der Waals surface area contributed by atoms with Crippen LogP contribution in [0.25, 0.3) is 6.08 Å². The van der Waals surface area contributed by atoms with E-state index in [1.807, 2.05) is 19.1 Å². The van der Waals surface area contributed by atoms with Gasteiger partial charge in [0.2, 0.25) is 6.41 Å². The number of hydrogen-bond acceptors (Lipinski definition) is 4. The van der Waals surface area contributed by atoms with Crippen molar-refractivity contribution >= 4 is 12.5 Å². The van der Waals surface area contributed by atoms with Crippen molar-refractivity contribution in [2.24, 2.45) is 0 Å². The van der Waals surface area contributed by atoms with E-state index in [9.17, 15) is 15.0 Å². The summed E-state index contributed by atoms with van der Waals surface area (Å²) < 4.78 is 0. The van der Waals surface area contributed by atoms with Gasteiger partial charge in [-0.05, 0) is 56.8 Å². The number of phenols is 2. The zero-order chi connectivity index (χ0) is 23.4. The first kappa shape index (κ1) is 23.9. The van der Waals surface area contributed by atoms with Gasteiger partial charge in [0.05, 0.1) is 5.54 Å². The molecule has 1 aliphatic heterocycles. The van der Waals surface area contributed by atoms with E-state index in [4.69, 9.17) is 0 Å². The fraction of sp³-hybridized carbons (Fsp3) is 0.444. The summed E-state index contributed by atoms with van der Waals surface area (Å²) in [5, 5.41) is 27.1. The molecule has 0 aromatic heterocycles. The summed E-state index contributed by atoms with van der Waals surface area (Å²) in [5.41, 5.74) is 3.58. The Bertz CT molecular complexity index is 970. The molecule has 3 atom stereocenters. The SMILES string of the molecule is C/C=C/c1ccc(C)cc1.CCCC1(NC=O)C2Cc3ccc(O)c(O)c3[C@]1(C)CCN2. The van der Waals surface area contributed by atoms with Gasteiger partial charge in [0, 0.05) is 17.0 Å². The summed E-state index contributed by atoms with van der Waals surface area (Å²) in [6, 6.07) is 12.1. The molecule has 0 radical (unpaired) electrons. The van der Waals surface area contributed by atoms with Crippen molar-refractivity contribution in [1.29, 1.82) is 0 Å². The molecule has 2 bridgehead atoms. The number of hydrogen-bond donors (Lipinski definition) is 4. The third-order valence-corrected chi connectivity index (χ3v) is 7.21. The monoisotopic (exact) mass is 436 g/mol. The van der Waals surface area contributed by atoms with E-state index in [1.54, 1.807) is 6.07 Å². The standard InChI is InChI=1S/C17H24N2O3.C10H12/c1-3-6-17(19-10-20)13-9-11-4-5-12(21)15(22)14(11)16(17,2)7-8-18-13;1-3-4-10-7-5-9(2)6-8-10/h4-5,10,13,18,21-22H,3,6-9H2,1-2H3,(H,19,20);3-8H,1-2H3/b;4-3+/t13?,16-,17?;/m0./s1. The molecule has 4 rings (SSSR count). The first-order chi connectivity index (χ1) is 15.3. The van der Waals surface area contributed by atoms with Gasteiger partial charge in [-0.2, -0.15) is 0 Å². The summed E-state index contributed by atoms with van der Waals surface area (Å²) in [6.45, 7) is 9.16. The van der Waals surface area contributed by atoms with Crippen LogP contribution >= 0.6 is 0 Å². The maximum absolute atomic E-state index is 11.3. The van der Waals surface area contributed by atoms with Gasteiger partial charge in [0.15, 0.2) is 11.5 Å². The Morgan fingerprint density at radius 1 is 1.19 bits per heavy atom. The van der Waals surface area contributed by atoms with Gasteiger partial charge in [0.25, 0.3) is 0 Å². The van der Waals surface area contributed by atoms with Gasteiger partial charge >= 0.3 is 0 Å². The molecule has 0 spiro atoms. The Hall–Kier alpha value is -2.79. The van der Waals surface area contributed by atoms with Crippen LogP contribution in [-0.2, 0) is 16.6 Å². The normalized spacial score (nSPS) is 26.1. The summed E-state index contributed by atoms with van der Waals surface area (Å²) >= 11 is 0. The fourth-order valence-electron chi connectivity index (χ4n) is 5.65. The molecule has 1 saturated heterocycles. The predicted octanol–water partition coefficient (Wildman–Crippen LogP) is 4.59. The average molecular weight is 437 g/mol. The lowest BCUT2D eigenvalue weighted by Gasteiger charge is -2.60. The molecule has 5 heteroatoms. The number of rotatable bonds is 5. The Morgan fingerprint density at radius 3 is 2.53 bits per heavy atom. The van der Waals surface area contributed by atoms with E-state index in [-0.39, 0.29) is 17.5 Å². The summed E-state index contributed by atoms with van der Waals surface area (Å²) in [6.07, 6.45) is 8.22. The average Bonchev–Trinajstić information content (AvgIpc) is 2.75. The highest BCUT2D eigenvalue weighted by Crippen LogP contribution is 2.54. The molecule has 2 unspecified atom stereocenters. The highest BCUT2D eigenvalue weighted by molar-refractivity contribution is 5.60. The van der Waals surface area contributed by atoms with Crippen LogP contribution in [-0.4, -0.2) is 34.7 Å². The molecular formula is C27H36N2O3. The minimum Gasteiger partial charge on any atom is -0.504 e. The van der Waals surface area contributed by atoms with Gasteiger partial charge < -0.3 is 20.8 Å². The second-order valence-corrected chi connectivity index (χ2v) is 9.15. The molecule has 1 aliphatic carbocycles. The smallest absolute Gasteiger partial charge is 0.207 e. The highest BCUT2D eigenvalue weighted by atomic mass is 16.3. The summed E-state index contributed by atoms with van der Waals surface area (Å²) in [7, 11) is 0. The van der Waals surface area contributed by atoms with Crippen molar-refractivity contribution in [2.45, 2.75) is 70.4 Å². The number of amides is 1. The van der Waals surface area contributed by atoms with Crippen LogP contribution in [0.15, 0.2) is 42.5 Å². The molecule has 2 aliphatic rings. The molecule has 1 amide bonds. The van der Waals surface area contributed by atoms with Gasteiger partial charge in [-0.25, -0.2) is 0 Å². The molecule has 2 aromatic carbocycles. The van der Waals surface area contributed by atoms with Gasteiger partial charge in [-0.1, -0.05) is 68.3 Å². The van der Waals surface area contributed by atoms with E-state index >= 15 is 0 Å². The Morgan fingerprint density at radius 2 is 1.91 bits per heavy atom. The molecule has 5 nitrogen and oxygen atoms in total. The first-order valence-electron chi connectivity index (χ1n) is 11.5. The van der Waals surface area contributed by atoms with Crippen molar-refractivity contribution in [2.75, 3.05) is 6.54 Å². The lowest BCUT2D eigenvalue weighted by molar-refractivity contribution is -0.113. The predicted molar refractivity (Wildman–Crippen MR) is 130 cm³/mol. The number of nitrogens with one attached hydrogen (secondary N) is 2.